The van der Waals surface area contributed by atoms with E-state index in [-0.39, 0.29) is 47.4 Å². The zero-order chi connectivity index (χ0) is 33.0. The van der Waals surface area contributed by atoms with Crippen molar-refractivity contribution in [3.63, 3.8) is 0 Å². The maximum atomic E-state index is 13.6. The Bertz CT molecular complexity index is 1910. The molecular weight excluding hydrogens is 584 g/mol. The van der Waals surface area contributed by atoms with Gasteiger partial charge < -0.3 is 19.4 Å². The lowest BCUT2D eigenvalue weighted by Crippen LogP contribution is -2.21. The number of ether oxygens (including phenoxy) is 2. The fraction of sp³-hybridized carbons (Fsp3) is 0.444. The van der Waals surface area contributed by atoms with Gasteiger partial charge in [-0.05, 0) is 69.4 Å². The minimum Gasteiger partial charge on any atom is -0.466 e. The Labute approximate surface area is 267 Å². The molecule has 0 saturated heterocycles. The summed E-state index contributed by atoms with van der Waals surface area (Å²) in [7, 11) is 0. The van der Waals surface area contributed by atoms with Gasteiger partial charge in [0.15, 0.2) is 5.78 Å². The van der Waals surface area contributed by atoms with Gasteiger partial charge >= 0.3 is 17.9 Å². The van der Waals surface area contributed by atoms with Crippen molar-refractivity contribution in [2.45, 2.75) is 97.8 Å². The quantitative estimate of drug-likeness (QED) is 0.245. The number of allylic oxidation sites excluding steroid dienone is 2. The molecular formula is C36H40N4O6. The van der Waals surface area contributed by atoms with Gasteiger partial charge in [0.25, 0.3) is 0 Å². The third-order valence-electron chi connectivity index (χ3n) is 9.89. The Hall–Kier alpha value is -4.60. The van der Waals surface area contributed by atoms with Crippen LogP contribution in [0.1, 0.15) is 151 Å². The maximum absolute atomic E-state index is 13.6. The van der Waals surface area contributed by atoms with Gasteiger partial charge in [0.1, 0.15) is 5.56 Å². The molecule has 4 aliphatic rings. The highest BCUT2D eigenvalue weighted by atomic mass is 16.6. The first-order valence-corrected chi connectivity index (χ1v) is 16.2. The largest absolute Gasteiger partial charge is 0.466 e. The number of aromatic amines is 2. The number of fused-ring (bicyclic) bond motifs is 8. The van der Waals surface area contributed by atoms with Crippen LogP contribution in [0, 0.1) is 6.92 Å². The number of carbonyl (C=O) groups excluding carboxylic acids is 4. The summed E-state index contributed by atoms with van der Waals surface area (Å²) in [5, 5.41) is 0. The third-order valence-corrected chi connectivity index (χ3v) is 9.89. The summed E-state index contributed by atoms with van der Waals surface area (Å²) >= 11 is 0. The topological polar surface area (TPSA) is 144 Å². The van der Waals surface area contributed by atoms with E-state index in [0.717, 1.165) is 29.8 Å². The first kappa shape index (κ1) is 31.4. The second kappa shape index (κ2) is 12.0. The molecule has 4 aliphatic heterocycles. The number of hydrogen-bond acceptors (Lipinski definition) is 8. The molecule has 6 heterocycles. The molecule has 2 N–H and O–H groups in total. The molecule has 0 saturated carbocycles. The molecule has 10 heteroatoms. The van der Waals surface area contributed by atoms with Crippen molar-refractivity contribution in [3.8, 4) is 0 Å². The zero-order valence-electron chi connectivity index (χ0n) is 27.4. The molecule has 0 aliphatic carbocycles. The Morgan fingerprint density at radius 3 is 2.35 bits per heavy atom. The van der Waals surface area contributed by atoms with Crippen LogP contribution < -0.4 is 0 Å². The van der Waals surface area contributed by atoms with E-state index in [1.54, 1.807) is 6.92 Å². The van der Waals surface area contributed by atoms with Gasteiger partial charge in [0.05, 0.1) is 34.8 Å². The van der Waals surface area contributed by atoms with Crippen LogP contribution in [0.3, 0.4) is 0 Å². The molecule has 0 fully saturated rings. The van der Waals surface area contributed by atoms with Gasteiger partial charge in [-0.15, -0.1) is 0 Å². The first-order chi connectivity index (χ1) is 21.9. The number of nitrogens with zero attached hydrogens (tertiary/aromatic N) is 2. The number of cyclic esters (lactones) is 2. The molecule has 2 aromatic rings. The van der Waals surface area contributed by atoms with Crippen molar-refractivity contribution in [2.75, 3.05) is 6.61 Å². The van der Waals surface area contributed by atoms with Crippen molar-refractivity contribution >= 4 is 45.9 Å². The number of aromatic nitrogens is 4. The van der Waals surface area contributed by atoms with Gasteiger partial charge in [-0.1, -0.05) is 27.7 Å². The maximum Gasteiger partial charge on any atom is 0.350 e. The number of ketones is 1. The number of esters is 3. The van der Waals surface area contributed by atoms with Crippen LogP contribution in [-0.4, -0.2) is 50.2 Å². The van der Waals surface area contributed by atoms with E-state index in [1.165, 1.54) is 0 Å². The van der Waals surface area contributed by atoms with Crippen molar-refractivity contribution in [1.82, 2.24) is 19.9 Å². The summed E-state index contributed by atoms with van der Waals surface area (Å²) in [6, 6.07) is 5.83. The molecule has 240 valence electrons. The monoisotopic (exact) mass is 624 g/mol. The van der Waals surface area contributed by atoms with Crippen LogP contribution in [0.4, 0.5) is 0 Å². The number of nitrogens with one attached hydrogen (secondary N) is 2. The molecule has 6 rings (SSSR count). The van der Waals surface area contributed by atoms with Crippen LogP contribution in [0.2, 0.25) is 0 Å². The molecule has 0 aromatic carbocycles. The highest BCUT2D eigenvalue weighted by Crippen LogP contribution is 2.45. The standard InChI is InChI=1S/C36H40N4O6/c1-8-12-45-29(42)11-10-22-17(4)24-13-25-18(5)30(20(7)41)28(38-25)15-23-16(3)21(9-2)27(37-23)14-26-19(6)31-34(40-26)32(33(22)39-24)36(44)46-35(31)43/h13-17,21-22,37,40H,8-12H2,1-7H3/t16-,17+,21-,22+/m1/s1. The van der Waals surface area contributed by atoms with Gasteiger partial charge in [-0.3, -0.25) is 14.6 Å². The molecule has 2 aromatic heterocycles. The fourth-order valence-electron chi connectivity index (χ4n) is 7.31. The normalized spacial score (nSPS) is 21.3. The van der Waals surface area contributed by atoms with Crippen molar-refractivity contribution < 1.29 is 28.7 Å². The minimum absolute atomic E-state index is 0.0769. The van der Waals surface area contributed by atoms with Gasteiger partial charge in [-0.25, -0.2) is 14.6 Å². The SMILES string of the molecule is CCCOC(=O)CC[C@@H]1c2nc(cc3nc(cc4[nH]c(cc5[nH]c6c2C(=O)OC(=O)c6c5C)[C@H](CC)[C@H]4C)C(C(C)=O)=C3C)[C@H]1C. The van der Waals surface area contributed by atoms with Gasteiger partial charge in [-0.2, -0.15) is 0 Å². The van der Waals surface area contributed by atoms with Crippen molar-refractivity contribution in [1.29, 1.82) is 0 Å². The lowest BCUT2D eigenvalue weighted by Gasteiger charge is -2.19. The van der Waals surface area contributed by atoms with Crippen LogP contribution in [-0.2, 0) is 19.1 Å². The highest BCUT2D eigenvalue weighted by Gasteiger charge is 2.39. The number of rotatable bonds is 7. The molecule has 4 atom stereocenters. The molecule has 0 spiro atoms. The summed E-state index contributed by atoms with van der Waals surface area (Å²) in [4.78, 5) is 69.2. The van der Waals surface area contributed by atoms with Crippen molar-refractivity contribution in [3.05, 3.63) is 69.1 Å². The third kappa shape index (κ3) is 5.13. The minimum atomic E-state index is -0.780. The van der Waals surface area contributed by atoms with E-state index < -0.39 is 11.9 Å². The lowest BCUT2D eigenvalue weighted by atomic mass is 9.85. The fourth-order valence-corrected chi connectivity index (χ4v) is 7.31. The van der Waals surface area contributed by atoms with Crippen molar-refractivity contribution in [2.24, 2.45) is 0 Å². The first-order valence-electron chi connectivity index (χ1n) is 16.2. The summed E-state index contributed by atoms with van der Waals surface area (Å²) < 4.78 is 10.7. The Balaban J connectivity index is 1.70. The average Bonchev–Trinajstić information content (AvgIpc) is 3.68. The van der Waals surface area contributed by atoms with Crippen LogP contribution >= 0.6 is 0 Å². The number of Topliss-reactive ketones (excluding diaryl/α,β-unsaturated/α-hetero) is 1. The predicted molar refractivity (Wildman–Crippen MR) is 173 cm³/mol. The lowest BCUT2D eigenvalue weighted by molar-refractivity contribution is -0.143. The van der Waals surface area contributed by atoms with Crippen LogP contribution in [0.5, 0.6) is 0 Å². The highest BCUT2D eigenvalue weighted by molar-refractivity contribution is 6.27. The summed E-state index contributed by atoms with van der Waals surface area (Å²) in [6.07, 6.45) is 2.09. The van der Waals surface area contributed by atoms with Gasteiger partial charge in [0.2, 0.25) is 0 Å². The van der Waals surface area contributed by atoms with Gasteiger partial charge in [0, 0.05) is 58.3 Å². The second-order valence-electron chi connectivity index (χ2n) is 12.8. The smallest absolute Gasteiger partial charge is 0.350 e. The Kier molecular flexibility index (Phi) is 8.16. The van der Waals surface area contributed by atoms with E-state index >= 15 is 0 Å². The summed E-state index contributed by atoms with van der Waals surface area (Å²) in [5.41, 5.74) is 7.77. The molecule has 46 heavy (non-hydrogen) atoms. The van der Waals surface area contributed by atoms with E-state index in [1.807, 2.05) is 45.9 Å². The molecule has 0 amide bonds. The molecule has 10 nitrogen and oxygen atoms in total. The van der Waals surface area contributed by atoms with E-state index in [2.05, 4.69) is 23.8 Å². The van der Waals surface area contributed by atoms with E-state index in [4.69, 9.17) is 19.4 Å². The van der Waals surface area contributed by atoms with E-state index in [0.29, 0.717) is 63.5 Å². The zero-order valence-corrected chi connectivity index (χ0v) is 27.4. The number of aryl methyl sites for hydroxylation is 1. The number of H-pyrrole nitrogens is 2. The summed E-state index contributed by atoms with van der Waals surface area (Å²) in [5.74, 6) is -2.18. The molecule has 8 bridgehead atoms. The summed E-state index contributed by atoms with van der Waals surface area (Å²) in [6.45, 7) is 13.8. The second-order valence-corrected chi connectivity index (χ2v) is 12.8. The van der Waals surface area contributed by atoms with E-state index in [9.17, 15) is 19.2 Å². The Morgan fingerprint density at radius 2 is 1.65 bits per heavy atom. The van der Waals surface area contributed by atoms with Crippen LogP contribution in [0.25, 0.3) is 22.2 Å². The average molecular weight is 625 g/mol. The Morgan fingerprint density at radius 1 is 0.913 bits per heavy atom. The molecule has 0 radical (unpaired) electrons. The number of hydrogen-bond donors (Lipinski definition) is 2. The predicted octanol–water partition coefficient (Wildman–Crippen LogP) is 7.09. The van der Waals surface area contributed by atoms with Crippen LogP contribution in [0.15, 0.2) is 18.2 Å². The molecule has 0 unspecified atom stereocenters. The number of carbonyl (C=O) groups is 4.